The van der Waals surface area contributed by atoms with Crippen LogP contribution in [0.25, 0.3) is 0 Å². The van der Waals surface area contributed by atoms with E-state index in [9.17, 15) is 4.79 Å². The topological polar surface area (TPSA) is 38.3 Å². The Morgan fingerprint density at radius 1 is 1.23 bits per heavy atom. The lowest BCUT2D eigenvalue weighted by Gasteiger charge is -2.24. The zero-order chi connectivity index (χ0) is 15.5. The van der Waals surface area contributed by atoms with E-state index >= 15 is 0 Å². The number of benzene rings is 2. The molecule has 1 unspecified atom stereocenters. The second-order valence-electron chi connectivity index (χ2n) is 5.97. The number of aryl methyl sites for hydroxylation is 2. The quantitative estimate of drug-likeness (QED) is 0.944. The van der Waals surface area contributed by atoms with Crippen LogP contribution in [0.3, 0.4) is 0 Å². The Morgan fingerprint density at radius 2 is 2.05 bits per heavy atom. The number of para-hydroxylation sites is 1. The summed E-state index contributed by atoms with van der Waals surface area (Å²) in [4.78, 5) is 12.4. The highest BCUT2D eigenvalue weighted by atomic mass is 16.5. The van der Waals surface area contributed by atoms with Crippen LogP contribution in [0.2, 0.25) is 0 Å². The van der Waals surface area contributed by atoms with Crippen LogP contribution in [0.4, 0.5) is 0 Å². The van der Waals surface area contributed by atoms with Crippen molar-refractivity contribution in [3.05, 3.63) is 64.7 Å². The second-order valence-corrected chi connectivity index (χ2v) is 5.97. The molecule has 0 fully saturated rings. The standard InChI is InChI=1S/C19H21NO2/c1-13-7-8-16(14(2)9-13)11-20-19(21)17-10-15-5-3-4-6-18(15)22-12-17/h3-9,17H,10-12H2,1-2H3,(H,20,21). The summed E-state index contributed by atoms with van der Waals surface area (Å²) in [6.45, 7) is 5.18. The van der Waals surface area contributed by atoms with Gasteiger partial charge in [0.25, 0.3) is 0 Å². The van der Waals surface area contributed by atoms with Gasteiger partial charge in [-0.05, 0) is 43.0 Å². The predicted octanol–water partition coefficient (Wildman–Crippen LogP) is 3.17. The van der Waals surface area contributed by atoms with E-state index in [0.29, 0.717) is 13.2 Å². The van der Waals surface area contributed by atoms with Gasteiger partial charge in [0.2, 0.25) is 5.91 Å². The van der Waals surface area contributed by atoms with Crippen LogP contribution in [0, 0.1) is 19.8 Å². The van der Waals surface area contributed by atoms with E-state index < -0.39 is 0 Å². The van der Waals surface area contributed by atoms with Crippen LogP contribution in [0.15, 0.2) is 42.5 Å². The molecule has 0 saturated heterocycles. The Hall–Kier alpha value is -2.29. The van der Waals surface area contributed by atoms with Crippen molar-refractivity contribution in [2.24, 2.45) is 5.92 Å². The minimum absolute atomic E-state index is 0.0643. The summed E-state index contributed by atoms with van der Waals surface area (Å²) in [6, 6.07) is 14.2. The van der Waals surface area contributed by atoms with Crippen LogP contribution in [-0.2, 0) is 17.8 Å². The Balaban J connectivity index is 1.61. The molecule has 3 rings (SSSR count). The molecule has 1 aliphatic rings. The van der Waals surface area contributed by atoms with Crippen LogP contribution in [0.5, 0.6) is 5.75 Å². The van der Waals surface area contributed by atoms with E-state index in [-0.39, 0.29) is 11.8 Å². The molecular weight excluding hydrogens is 274 g/mol. The van der Waals surface area contributed by atoms with Gasteiger partial charge in [-0.25, -0.2) is 0 Å². The minimum Gasteiger partial charge on any atom is -0.492 e. The van der Waals surface area contributed by atoms with Gasteiger partial charge in [-0.3, -0.25) is 4.79 Å². The number of ether oxygens (including phenoxy) is 1. The van der Waals surface area contributed by atoms with Crippen LogP contribution in [-0.4, -0.2) is 12.5 Å². The van der Waals surface area contributed by atoms with Crippen LogP contribution >= 0.6 is 0 Å². The third kappa shape index (κ3) is 3.14. The molecule has 0 spiro atoms. The summed E-state index contributed by atoms with van der Waals surface area (Å²) in [6.07, 6.45) is 0.745. The minimum atomic E-state index is -0.111. The van der Waals surface area contributed by atoms with E-state index in [4.69, 9.17) is 4.74 Å². The first-order valence-electron chi connectivity index (χ1n) is 7.68. The molecular formula is C19H21NO2. The maximum atomic E-state index is 12.4. The van der Waals surface area contributed by atoms with Gasteiger partial charge in [-0.2, -0.15) is 0 Å². The van der Waals surface area contributed by atoms with E-state index in [1.54, 1.807) is 0 Å². The van der Waals surface area contributed by atoms with Crippen molar-refractivity contribution < 1.29 is 9.53 Å². The number of carbonyl (C=O) groups excluding carboxylic acids is 1. The number of hydrogen-bond acceptors (Lipinski definition) is 2. The molecule has 2 aromatic carbocycles. The lowest BCUT2D eigenvalue weighted by atomic mass is 9.96. The molecule has 0 saturated carbocycles. The largest absolute Gasteiger partial charge is 0.492 e. The molecule has 3 heteroatoms. The Bertz CT molecular complexity index is 694. The molecule has 1 aliphatic heterocycles. The first-order valence-corrected chi connectivity index (χ1v) is 7.68. The van der Waals surface area contributed by atoms with Crippen molar-refractivity contribution in [1.29, 1.82) is 0 Å². The Labute approximate surface area is 131 Å². The average molecular weight is 295 g/mol. The first kappa shape index (κ1) is 14.6. The van der Waals surface area contributed by atoms with E-state index in [0.717, 1.165) is 23.3 Å². The molecule has 1 N–H and O–H groups in total. The summed E-state index contributed by atoms with van der Waals surface area (Å²) in [5.41, 5.74) is 4.73. The van der Waals surface area contributed by atoms with Crippen molar-refractivity contribution in [2.45, 2.75) is 26.8 Å². The van der Waals surface area contributed by atoms with Crippen molar-refractivity contribution in [3.63, 3.8) is 0 Å². The molecule has 1 amide bonds. The maximum Gasteiger partial charge on any atom is 0.227 e. The number of amides is 1. The number of carbonyl (C=O) groups is 1. The fourth-order valence-electron chi connectivity index (χ4n) is 2.87. The van der Waals surface area contributed by atoms with Gasteiger partial charge in [-0.15, -0.1) is 0 Å². The molecule has 0 bridgehead atoms. The van der Waals surface area contributed by atoms with Gasteiger partial charge in [0.1, 0.15) is 12.4 Å². The first-order chi connectivity index (χ1) is 10.6. The van der Waals surface area contributed by atoms with E-state index in [1.165, 1.54) is 11.1 Å². The molecule has 2 aromatic rings. The smallest absolute Gasteiger partial charge is 0.227 e. The molecule has 0 radical (unpaired) electrons. The highest BCUT2D eigenvalue weighted by Crippen LogP contribution is 2.26. The van der Waals surface area contributed by atoms with Gasteiger partial charge in [0, 0.05) is 6.54 Å². The third-order valence-electron chi connectivity index (χ3n) is 4.20. The second kappa shape index (κ2) is 6.22. The average Bonchev–Trinajstić information content (AvgIpc) is 2.53. The van der Waals surface area contributed by atoms with Crippen molar-refractivity contribution in [1.82, 2.24) is 5.32 Å². The molecule has 0 aromatic heterocycles. The van der Waals surface area contributed by atoms with Gasteiger partial charge >= 0.3 is 0 Å². The third-order valence-corrected chi connectivity index (χ3v) is 4.20. The zero-order valence-corrected chi connectivity index (χ0v) is 13.1. The summed E-state index contributed by atoms with van der Waals surface area (Å²) < 4.78 is 5.69. The molecule has 22 heavy (non-hydrogen) atoms. The molecule has 114 valence electrons. The number of fused-ring (bicyclic) bond motifs is 1. The van der Waals surface area contributed by atoms with Crippen molar-refractivity contribution in [3.8, 4) is 5.75 Å². The molecule has 1 atom stereocenters. The Morgan fingerprint density at radius 3 is 2.86 bits per heavy atom. The molecule has 1 heterocycles. The lowest BCUT2D eigenvalue weighted by molar-refractivity contribution is -0.126. The molecule has 0 aliphatic carbocycles. The number of hydrogen-bond donors (Lipinski definition) is 1. The lowest BCUT2D eigenvalue weighted by Crippen LogP contribution is -2.37. The highest BCUT2D eigenvalue weighted by Gasteiger charge is 2.25. The van der Waals surface area contributed by atoms with E-state index in [1.807, 2.05) is 24.3 Å². The van der Waals surface area contributed by atoms with E-state index in [2.05, 4.69) is 37.4 Å². The SMILES string of the molecule is Cc1ccc(CNC(=O)C2COc3ccccc3C2)c(C)c1. The summed E-state index contributed by atoms with van der Waals surface area (Å²) in [5.74, 6) is 0.857. The van der Waals surface area contributed by atoms with Gasteiger partial charge < -0.3 is 10.1 Å². The van der Waals surface area contributed by atoms with Crippen LogP contribution < -0.4 is 10.1 Å². The maximum absolute atomic E-state index is 12.4. The monoisotopic (exact) mass is 295 g/mol. The molecule has 3 nitrogen and oxygen atoms in total. The van der Waals surface area contributed by atoms with Gasteiger partial charge in [-0.1, -0.05) is 42.0 Å². The Kier molecular flexibility index (Phi) is 4.14. The van der Waals surface area contributed by atoms with Crippen molar-refractivity contribution in [2.75, 3.05) is 6.61 Å². The van der Waals surface area contributed by atoms with Gasteiger partial charge in [0.05, 0.1) is 5.92 Å². The predicted molar refractivity (Wildman–Crippen MR) is 86.9 cm³/mol. The number of rotatable bonds is 3. The fraction of sp³-hybridized carbons (Fsp3) is 0.316. The fourth-order valence-corrected chi connectivity index (χ4v) is 2.87. The summed E-state index contributed by atoms with van der Waals surface area (Å²) >= 11 is 0. The summed E-state index contributed by atoms with van der Waals surface area (Å²) in [7, 11) is 0. The van der Waals surface area contributed by atoms with Crippen LogP contribution in [0.1, 0.15) is 22.3 Å². The zero-order valence-electron chi connectivity index (χ0n) is 13.1. The highest BCUT2D eigenvalue weighted by molar-refractivity contribution is 5.79. The summed E-state index contributed by atoms with van der Waals surface area (Å²) in [5, 5.41) is 3.04. The normalized spacial score (nSPS) is 16.5. The number of nitrogens with one attached hydrogen (secondary N) is 1. The van der Waals surface area contributed by atoms with Crippen molar-refractivity contribution >= 4 is 5.91 Å². The van der Waals surface area contributed by atoms with Gasteiger partial charge in [0.15, 0.2) is 0 Å².